The van der Waals surface area contributed by atoms with Gasteiger partial charge in [-0.3, -0.25) is 0 Å². The lowest BCUT2D eigenvalue weighted by molar-refractivity contribution is 0.568. The molecule has 118 valence electrons. The molecule has 0 heterocycles. The summed E-state index contributed by atoms with van der Waals surface area (Å²) in [5.41, 5.74) is 0.757. The first-order valence-electron chi connectivity index (χ1n) is 7.43. The number of halogens is 1. The molecule has 1 aliphatic rings. The van der Waals surface area contributed by atoms with Crippen molar-refractivity contribution in [3.63, 3.8) is 0 Å². The van der Waals surface area contributed by atoms with Crippen LogP contribution >= 0.6 is 0 Å². The van der Waals surface area contributed by atoms with E-state index in [0.717, 1.165) is 25.8 Å². The van der Waals surface area contributed by atoms with Crippen LogP contribution in [0.25, 0.3) is 0 Å². The van der Waals surface area contributed by atoms with Crippen molar-refractivity contribution in [3.8, 4) is 0 Å². The standard InChI is InChI=1S/C15H23FN2O2S/c1-3-6-17-10-13-8-14(7-11(2)15(13)16)21(19,20)18-9-12-4-5-12/h7-8,12,17-18H,3-6,9-10H2,1-2H3. The van der Waals surface area contributed by atoms with Crippen molar-refractivity contribution < 1.29 is 12.8 Å². The van der Waals surface area contributed by atoms with Gasteiger partial charge in [0.2, 0.25) is 10.0 Å². The van der Waals surface area contributed by atoms with E-state index in [1.807, 2.05) is 6.92 Å². The minimum absolute atomic E-state index is 0.148. The Bertz CT molecular complexity index is 598. The van der Waals surface area contributed by atoms with Crippen molar-refractivity contribution in [2.45, 2.75) is 44.6 Å². The van der Waals surface area contributed by atoms with E-state index in [1.165, 1.54) is 12.1 Å². The highest BCUT2D eigenvalue weighted by Crippen LogP contribution is 2.28. The first kappa shape index (κ1) is 16.4. The van der Waals surface area contributed by atoms with Gasteiger partial charge in [-0.2, -0.15) is 0 Å². The summed E-state index contributed by atoms with van der Waals surface area (Å²) in [6.07, 6.45) is 3.11. The predicted octanol–water partition coefficient (Wildman–Crippen LogP) is 2.32. The van der Waals surface area contributed by atoms with E-state index in [-0.39, 0.29) is 10.7 Å². The average molecular weight is 314 g/mol. The van der Waals surface area contributed by atoms with Gasteiger partial charge in [0.15, 0.2) is 0 Å². The first-order chi connectivity index (χ1) is 9.94. The zero-order valence-electron chi connectivity index (χ0n) is 12.6. The van der Waals surface area contributed by atoms with Gasteiger partial charge in [0, 0.05) is 18.7 Å². The molecule has 0 spiro atoms. The van der Waals surface area contributed by atoms with E-state index in [1.54, 1.807) is 6.92 Å². The monoisotopic (exact) mass is 314 g/mol. The van der Waals surface area contributed by atoms with Gasteiger partial charge in [0.25, 0.3) is 0 Å². The quantitative estimate of drug-likeness (QED) is 0.724. The molecule has 2 rings (SSSR count). The molecule has 0 amide bonds. The summed E-state index contributed by atoms with van der Waals surface area (Å²) >= 11 is 0. The molecule has 0 aliphatic heterocycles. The SMILES string of the molecule is CCCNCc1cc(S(=O)(=O)NCC2CC2)cc(C)c1F. The van der Waals surface area contributed by atoms with Crippen LogP contribution in [0.15, 0.2) is 17.0 Å². The van der Waals surface area contributed by atoms with E-state index < -0.39 is 10.0 Å². The molecule has 21 heavy (non-hydrogen) atoms. The Morgan fingerprint density at radius 3 is 2.67 bits per heavy atom. The summed E-state index contributed by atoms with van der Waals surface area (Å²) in [6, 6.07) is 2.83. The molecule has 2 N–H and O–H groups in total. The Hall–Kier alpha value is -0.980. The van der Waals surface area contributed by atoms with Crippen LogP contribution < -0.4 is 10.0 Å². The molecule has 0 saturated heterocycles. The molecule has 1 fully saturated rings. The molecule has 6 heteroatoms. The lowest BCUT2D eigenvalue weighted by Gasteiger charge is -2.12. The lowest BCUT2D eigenvalue weighted by Crippen LogP contribution is -2.26. The number of benzene rings is 1. The zero-order chi connectivity index (χ0) is 15.5. The van der Waals surface area contributed by atoms with Gasteiger partial charge in [-0.05, 0) is 56.3 Å². The van der Waals surface area contributed by atoms with E-state index in [9.17, 15) is 12.8 Å². The third-order valence-corrected chi connectivity index (χ3v) is 5.02. The first-order valence-corrected chi connectivity index (χ1v) is 8.91. The van der Waals surface area contributed by atoms with Gasteiger partial charge in [0.1, 0.15) is 5.82 Å². The summed E-state index contributed by atoms with van der Waals surface area (Å²) in [4.78, 5) is 0.148. The van der Waals surface area contributed by atoms with Crippen LogP contribution in [0.1, 0.15) is 37.3 Å². The van der Waals surface area contributed by atoms with Crippen molar-refractivity contribution in [3.05, 3.63) is 29.1 Å². The highest BCUT2D eigenvalue weighted by molar-refractivity contribution is 7.89. The Kier molecular flexibility index (Phi) is 5.35. The molecule has 0 unspecified atom stereocenters. The molecular weight excluding hydrogens is 291 g/mol. The number of aryl methyl sites for hydroxylation is 1. The van der Waals surface area contributed by atoms with E-state index in [0.29, 0.717) is 30.1 Å². The summed E-state index contributed by atoms with van der Waals surface area (Å²) in [5, 5.41) is 3.10. The maximum atomic E-state index is 14.1. The van der Waals surface area contributed by atoms with Crippen LogP contribution in [0, 0.1) is 18.7 Å². The Balaban J connectivity index is 2.17. The van der Waals surface area contributed by atoms with E-state index in [4.69, 9.17) is 0 Å². The van der Waals surface area contributed by atoms with Crippen LogP contribution in [0.4, 0.5) is 4.39 Å². The summed E-state index contributed by atoms with van der Waals surface area (Å²) in [5.74, 6) is 0.131. The van der Waals surface area contributed by atoms with Gasteiger partial charge < -0.3 is 5.32 Å². The molecule has 1 aromatic carbocycles. The van der Waals surface area contributed by atoms with E-state index in [2.05, 4.69) is 10.0 Å². The molecule has 4 nitrogen and oxygen atoms in total. The molecule has 0 radical (unpaired) electrons. The Morgan fingerprint density at radius 2 is 2.05 bits per heavy atom. The summed E-state index contributed by atoms with van der Waals surface area (Å²) in [7, 11) is -3.55. The zero-order valence-corrected chi connectivity index (χ0v) is 13.4. The fourth-order valence-corrected chi connectivity index (χ4v) is 3.37. The maximum absolute atomic E-state index is 14.1. The average Bonchev–Trinajstić information content (AvgIpc) is 3.25. The third-order valence-electron chi connectivity index (χ3n) is 3.61. The fourth-order valence-electron chi connectivity index (χ4n) is 2.12. The Labute approximate surface area is 126 Å². The van der Waals surface area contributed by atoms with Crippen LogP contribution in [0.5, 0.6) is 0 Å². The highest BCUT2D eigenvalue weighted by atomic mass is 32.2. The number of rotatable bonds is 8. The van der Waals surface area contributed by atoms with Crippen LogP contribution in [0.2, 0.25) is 0 Å². The van der Waals surface area contributed by atoms with Crippen molar-refractivity contribution in [1.29, 1.82) is 0 Å². The second-order valence-electron chi connectivity index (χ2n) is 5.69. The van der Waals surface area contributed by atoms with E-state index >= 15 is 0 Å². The van der Waals surface area contributed by atoms with Crippen molar-refractivity contribution >= 4 is 10.0 Å². The molecule has 0 bridgehead atoms. The maximum Gasteiger partial charge on any atom is 0.240 e. The van der Waals surface area contributed by atoms with Crippen molar-refractivity contribution in [2.24, 2.45) is 5.92 Å². The second-order valence-corrected chi connectivity index (χ2v) is 7.45. The molecular formula is C15H23FN2O2S. The van der Waals surface area contributed by atoms with Gasteiger partial charge in [-0.1, -0.05) is 6.92 Å². The number of sulfonamides is 1. The molecule has 1 aromatic rings. The second kappa shape index (κ2) is 6.85. The predicted molar refractivity (Wildman–Crippen MR) is 81.0 cm³/mol. The number of hydrogen-bond acceptors (Lipinski definition) is 3. The molecule has 1 saturated carbocycles. The van der Waals surface area contributed by atoms with Gasteiger partial charge in [0.05, 0.1) is 4.90 Å². The minimum atomic E-state index is -3.55. The molecule has 1 aliphatic carbocycles. The third kappa shape index (κ3) is 4.49. The van der Waals surface area contributed by atoms with Crippen molar-refractivity contribution in [2.75, 3.05) is 13.1 Å². The number of hydrogen-bond donors (Lipinski definition) is 2. The Morgan fingerprint density at radius 1 is 1.33 bits per heavy atom. The lowest BCUT2D eigenvalue weighted by atomic mass is 10.1. The van der Waals surface area contributed by atoms with Crippen LogP contribution in [0.3, 0.4) is 0 Å². The molecule has 0 aromatic heterocycles. The number of nitrogens with one attached hydrogen (secondary N) is 2. The largest absolute Gasteiger partial charge is 0.313 e. The fraction of sp³-hybridized carbons (Fsp3) is 0.600. The highest BCUT2D eigenvalue weighted by Gasteiger charge is 2.25. The topological polar surface area (TPSA) is 58.2 Å². The van der Waals surface area contributed by atoms with Gasteiger partial charge in [-0.25, -0.2) is 17.5 Å². The van der Waals surface area contributed by atoms with Gasteiger partial charge >= 0.3 is 0 Å². The smallest absolute Gasteiger partial charge is 0.240 e. The molecule has 0 atom stereocenters. The minimum Gasteiger partial charge on any atom is -0.313 e. The van der Waals surface area contributed by atoms with Crippen LogP contribution in [-0.4, -0.2) is 21.5 Å². The summed E-state index contributed by atoms with van der Waals surface area (Å²) in [6.45, 7) is 5.21. The normalized spacial score (nSPS) is 15.4. The van der Waals surface area contributed by atoms with Crippen molar-refractivity contribution in [1.82, 2.24) is 10.0 Å². The summed E-state index contributed by atoms with van der Waals surface area (Å²) < 4.78 is 41.2. The van der Waals surface area contributed by atoms with Gasteiger partial charge in [-0.15, -0.1) is 0 Å². The van der Waals surface area contributed by atoms with Crippen LogP contribution in [-0.2, 0) is 16.6 Å².